The van der Waals surface area contributed by atoms with Crippen LogP contribution in [0, 0.1) is 5.41 Å². The van der Waals surface area contributed by atoms with Gasteiger partial charge in [0.15, 0.2) is 0 Å². The number of nitrogens with zero attached hydrogens (tertiary/aromatic N) is 3. The van der Waals surface area contributed by atoms with Gasteiger partial charge in [0.25, 0.3) is 0 Å². The normalized spacial score (nSPS) is 25.5. The second kappa shape index (κ2) is 7.14. The highest BCUT2D eigenvalue weighted by Gasteiger charge is 2.39. The van der Waals surface area contributed by atoms with E-state index >= 15 is 0 Å². The Bertz CT molecular complexity index is 544. The van der Waals surface area contributed by atoms with Gasteiger partial charge in [-0.2, -0.15) is 5.10 Å². The van der Waals surface area contributed by atoms with E-state index in [-0.39, 0.29) is 0 Å². The molecular weight excluding hydrogens is 300 g/mol. The molecule has 1 spiro atoms. The fraction of sp³-hybridized carbons (Fsp3) is 0.842. The number of likely N-dealkylation sites (tertiary alicyclic amines) is 1. The lowest BCUT2D eigenvalue weighted by Gasteiger charge is -2.34. The molecule has 0 bridgehead atoms. The van der Waals surface area contributed by atoms with Gasteiger partial charge in [-0.3, -0.25) is 9.58 Å². The van der Waals surface area contributed by atoms with Crippen LogP contribution in [0.3, 0.4) is 0 Å². The number of nitrogens with one attached hydrogen (secondary N) is 1. The zero-order valence-corrected chi connectivity index (χ0v) is 15.1. The Morgan fingerprint density at radius 1 is 1.25 bits per heavy atom. The van der Waals surface area contributed by atoms with Gasteiger partial charge in [-0.1, -0.05) is 6.92 Å². The molecule has 0 amide bonds. The molecule has 24 heavy (non-hydrogen) atoms. The van der Waals surface area contributed by atoms with Crippen molar-refractivity contribution >= 4 is 0 Å². The average Bonchev–Trinajstić information content (AvgIpc) is 3.21. The van der Waals surface area contributed by atoms with E-state index in [1.807, 2.05) is 0 Å². The summed E-state index contributed by atoms with van der Waals surface area (Å²) in [5.74, 6) is 0. The molecule has 3 fully saturated rings. The third-order valence-corrected chi connectivity index (χ3v) is 6.33. The fourth-order valence-electron chi connectivity index (χ4n) is 4.78. The van der Waals surface area contributed by atoms with Gasteiger partial charge in [0.05, 0.1) is 17.4 Å². The van der Waals surface area contributed by atoms with E-state index in [1.165, 1.54) is 56.8 Å². The molecule has 4 heterocycles. The van der Waals surface area contributed by atoms with E-state index in [9.17, 15) is 0 Å². The van der Waals surface area contributed by atoms with Gasteiger partial charge in [0.2, 0.25) is 0 Å². The van der Waals surface area contributed by atoms with Gasteiger partial charge in [0.1, 0.15) is 0 Å². The fourth-order valence-corrected chi connectivity index (χ4v) is 4.78. The van der Waals surface area contributed by atoms with Crippen molar-refractivity contribution in [1.29, 1.82) is 0 Å². The number of aromatic nitrogens is 2. The second-order valence-electron chi connectivity index (χ2n) is 7.98. The third kappa shape index (κ3) is 3.39. The molecule has 1 aromatic heterocycles. The van der Waals surface area contributed by atoms with Gasteiger partial charge < -0.3 is 10.1 Å². The molecule has 134 valence electrons. The summed E-state index contributed by atoms with van der Waals surface area (Å²) in [6.07, 6.45) is 7.31. The maximum atomic E-state index is 5.55. The van der Waals surface area contributed by atoms with Crippen LogP contribution in [0.25, 0.3) is 0 Å². The van der Waals surface area contributed by atoms with Gasteiger partial charge in [-0.15, -0.1) is 0 Å². The number of rotatable bonds is 4. The van der Waals surface area contributed by atoms with Crippen LogP contribution >= 0.6 is 0 Å². The number of hydrogen-bond donors (Lipinski definition) is 1. The summed E-state index contributed by atoms with van der Waals surface area (Å²) >= 11 is 0. The first kappa shape index (κ1) is 16.6. The summed E-state index contributed by atoms with van der Waals surface area (Å²) in [6.45, 7) is 9.97. The molecule has 5 heteroatoms. The predicted octanol–water partition coefficient (Wildman–Crippen LogP) is 2.37. The molecule has 4 rings (SSSR count). The van der Waals surface area contributed by atoms with Crippen molar-refractivity contribution in [3.63, 3.8) is 0 Å². The van der Waals surface area contributed by atoms with Crippen LogP contribution in [0.15, 0.2) is 6.07 Å². The van der Waals surface area contributed by atoms with Crippen molar-refractivity contribution in [1.82, 2.24) is 20.0 Å². The number of aryl methyl sites for hydroxylation is 1. The molecular formula is C19H32N4O. The molecule has 0 atom stereocenters. The van der Waals surface area contributed by atoms with E-state index in [1.54, 1.807) is 0 Å². The van der Waals surface area contributed by atoms with Crippen molar-refractivity contribution in [3.05, 3.63) is 17.5 Å². The van der Waals surface area contributed by atoms with E-state index < -0.39 is 0 Å². The highest BCUT2D eigenvalue weighted by Crippen LogP contribution is 2.39. The Kier molecular flexibility index (Phi) is 4.93. The Hall–Kier alpha value is -0.910. The summed E-state index contributed by atoms with van der Waals surface area (Å²) in [5.41, 5.74) is 3.25. The van der Waals surface area contributed by atoms with Gasteiger partial charge in [-0.25, -0.2) is 0 Å². The molecule has 0 aromatic carbocycles. The average molecular weight is 332 g/mol. The SMILES string of the molecule is CCc1cc(CN2CCC3(CCNCC3)C2)n(C2CCOCC2)n1. The quantitative estimate of drug-likeness (QED) is 0.919. The molecule has 0 radical (unpaired) electrons. The van der Waals surface area contributed by atoms with Crippen LogP contribution in [-0.2, 0) is 17.7 Å². The van der Waals surface area contributed by atoms with Gasteiger partial charge >= 0.3 is 0 Å². The first-order valence-corrected chi connectivity index (χ1v) is 9.86. The molecule has 0 aliphatic carbocycles. The molecule has 3 aliphatic rings. The zero-order chi connectivity index (χ0) is 16.4. The molecule has 1 aromatic rings. The Morgan fingerprint density at radius 2 is 2.04 bits per heavy atom. The van der Waals surface area contributed by atoms with Crippen molar-refractivity contribution in [3.8, 4) is 0 Å². The molecule has 0 saturated carbocycles. The Balaban J connectivity index is 1.46. The van der Waals surface area contributed by atoms with Gasteiger partial charge in [-0.05, 0) is 69.6 Å². The third-order valence-electron chi connectivity index (χ3n) is 6.33. The van der Waals surface area contributed by atoms with Crippen LogP contribution < -0.4 is 5.32 Å². The monoisotopic (exact) mass is 332 g/mol. The molecule has 5 nitrogen and oxygen atoms in total. The van der Waals surface area contributed by atoms with Crippen molar-refractivity contribution < 1.29 is 4.74 Å². The first-order chi connectivity index (χ1) is 11.8. The molecule has 3 aliphatic heterocycles. The number of piperidine rings is 1. The summed E-state index contributed by atoms with van der Waals surface area (Å²) in [5, 5.41) is 8.44. The smallest absolute Gasteiger partial charge is 0.0625 e. The minimum absolute atomic E-state index is 0.532. The topological polar surface area (TPSA) is 42.3 Å². The Labute approximate surface area is 145 Å². The van der Waals surface area contributed by atoms with Gasteiger partial charge in [0, 0.05) is 26.3 Å². The maximum absolute atomic E-state index is 5.55. The minimum atomic E-state index is 0.532. The largest absolute Gasteiger partial charge is 0.381 e. The Morgan fingerprint density at radius 3 is 2.79 bits per heavy atom. The lowest BCUT2D eigenvalue weighted by Crippen LogP contribution is -2.38. The molecule has 0 unspecified atom stereocenters. The van der Waals surface area contributed by atoms with E-state index in [2.05, 4.69) is 27.9 Å². The van der Waals surface area contributed by atoms with E-state index in [4.69, 9.17) is 9.84 Å². The van der Waals surface area contributed by atoms with Crippen molar-refractivity contribution in [2.75, 3.05) is 39.4 Å². The first-order valence-electron chi connectivity index (χ1n) is 9.86. The number of hydrogen-bond acceptors (Lipinski definition) is 4. The summed E-state index contributed by atoms with van der Waals surface area (Å²) in [4.78, 5) is 2.68. The van der Waals surface area contributed by atoms with Crippen LogP contribution in [0.1, 0.15) is 56.5 Å². The standard InChI is InChI=1S/C19H32N4O/c1-2-16-13-18(23(21-16)17-3-11-24-12-4-17)14-22-10-7-19(15-22)5-8-20-9-6-19/h13,17,20H,2-12,14-15H2,1H3. The van der Waals surface area contributed by atoms with Crippen molar-refractivity contribution in [2.45, 2.75) is 58.0 Å². The minimum Gasteiger partial charge on any atom is -0.381 e. The summed E-state index contributed by atoms with van der Waals surface area (Å²) in [6, 6.07) is 2.88. The van der Waals surface area contributed by atoms with Crippen LogP contribution in [0.5, 0.6) is 0 Å². The second-order valence-corrected chi connectivity index (χ2v) is 7.98. The summed E-state index contributed by atoms with van der Waals surface area (Å²) < 4.78 is 7.89. The lowest BCUT2D eigenvalue weighted by molar-refractivity contribution is 0.0645. The van der Waals surface area contributed by atoms with Crippen LogP contribution in [-0.4, -0.2) is 54.1 Å². The van der Waals surface area contributed by atoms with E-state index in [0.717, 1.165) is 39.0 Å². The molecule has 1 N–H and O–H groups in total. The highest BCUT2D eigenvalue weighted by atomic mass is 16.5. The van der Waals surface area contributed by atoms with E-state index in [0.29, 0.717) is 11.5 Å². The lowest BCUT2D eigenvalue weighted by atomic mass is 9.78. The zero-order valence-electron chi connectivity index (χ0n) is 15.1. The summed E-state index contributed by atoms with van der Waals surface area (Å²) in [7, 11) is 0. The van der Waals surface area contributed by atoms with Crippen molar-refractivity contribution in [2.24, 2.45) is 5.41 Å². The molecule has 3 saturated heterocycles. The maximum Gasteiger partial charge on any atom is 0.0625 e. The van der Waals surface area contributed by atoms with Crippen LogP contribution in [0.4, 0.5) is 0 Å². The van der Waals surface area contributed by atoms with Crippen LogP contribution in [0.2, 0.25) is 0 Å². The predicted molar refractivity (Wildman–Crippen MR) is 95.1 cm³/mol. The highest BCUT2D eigenvalue weighted by molar-refractivity contribution is 5.12. The number of ether oxygens (including phenoxy) is 1.